The summed E-state index contributed by atoms with van der Waals surface area (Å²) in [5.74, 6) is 0. The zero-order valence-electron chi connectivity index (χ0n) is 11.8. The van der Waals surface area contributed by atoms with Gasteiger partial charge in [-0.25, -0.2) is 0 Å². The van der Waals surface area contributed by atoms with Crippen LogP contribution in [0.5, 0.6) is 0 Å². The normalized spacial score (nSPS) is 14.8. The van der Waals surface area contributed by atoms with Crippen molar-refractivity contribution in [2.75, 3.05) is 21.3 Å². The van der Waals surface area contributed by atoms with Crippen LogP contribution in [-0.4, -0.2) is 48.2 Å². The average molecular weight is 297 g/mol. The van der Waals surface area contributed by atoms with Gasteiger partial charge in [0.05, 0.1) is 4.87 Å². The molecular weight excluding hydrogens is 272 g/mol. The van der Waals surface area contributed by atoms with E-state index in [4.69, 9.17) is 13.3 Å². The van der Waals surface area contributed by atoms with Crippen LogP contribution in [0, 0.1) is 0 Å². The minimum absolute atomic E-state index is 0.00772. The van der Waals surface area contributed by atoms with Crippen LogP contribution in [0.4, 0.5) is 0 Å². The lowest BCUT2D eigenvalue weighted by Crippen LogP contribution is -2.55. The van der Waals surface area contributed by atoms with Crippen LogP contribution in [-0.2, 0) is 18.1 Å². The molecule has 0 saturated heterocycles. The maximum absolute atomic E-state index is 11.4. The van der Waals surface area contributed by atoms with Gasteiger partial charge in [-0.15, -0.1) is 0 Å². The van der Waals surface area contributed by atoms with Crippen LogP contribution < -0.4 is 0 Å². The number of carbonyl (C=O) groups is 1. The van der Waals surface area contributed by atoms with Crippen LogP contribution in [0.1, 0.15) is 6.92 Å². The molecule has 7 heteroatoms. The van der Waals surface area contributed by atoms with Crippen molar-refractivity contribution >= 4 is 33.8 Å². The van der Waals surface area contributed by atoms with E-state index < -0.39 is 16.9 Å². The van der Waals surface area contributed by atoms with Gasteiger partial charge in [-0.3, -0.25) is 4.79 Å². The standard InChI is InChI=1S/C10H24O4SSi2/c1-9(11)15-10(8-16(5,6)7)17(12-2,13-3)14-4/h10H,8H2,1-7H3. The van der Waals surface area contributed by atoms with Crippen molar-refractivity contribution in [3.63, 3.8) is 0 Å². The summed E-state index contributed by atoms with van der Waals surface area (Å²) in [4.78, 5) is 11.4. The Balaban J connectivity index is 5.05. The lowest BCUT2D eigenvalue weighted by molar-refractivity contribution is -0.109. The molecule has 0 aromatic rings. The topological polar surface area (TPSA) is 44.8 Å². The molecule has 0 radical (unpaired) electrons. The zero-order chi connectivity index (χ0) is 13.7. The molecule has 0 bridgehead atoms. The van der Waals surface area contributed by atoms with Crippen LogP contribution in [0.2, 0.25) is 25.7 Å². The van der Waals surface area contributed by atoms with Gasteiger partial charge in [0.15, 0.2) is 5.12 Å². The van der Waals surface area contributed by atoms with E-state index in [0.29, 0.717) is 0 Å². The van der Waals surface area contributed by atoms with E-state index in [2.05, 4.69) is 19.6 Å². The molecular formula is C10H24O4SSi2. The van der Waals surface area contributed by atoms with Crippen molar-refractivity contribution < 1.29 is 18.1 Å². The van der Waals surface area contributed by atoms with Crippen molar-refractivity contribution in [3.05, 3.63) is 0 Å². The Labute approximate surface area is 111 Å². The number of thioether (sulfide) groups is 1. The van der Waals surface area contributed by atoms with Gasteiger partial charge in [-0.2, -0.15) is 0 Å². The fraction of sp³-hybridized carbons (Fsp3) is 0.900. The van der Waals surface area contributed by atoms with Crippen LogP contribution >= 0.6 is 11.8 Å². The molecule has 0 aromatic carbocycles. The highest BCUT2D eigenvalue weighted by molar-refractivity contribution is 8.15. The zero-order valence-corrected chi connectivity index (χ0v) is 14.6. The largest absolute Gasteiger partial charge is 0.514 e. The minimum Gasteiger partial charge on any atom is -0.376 e. The molecule has 17 heavy (non-hydrogen) atoms. The number of carbonyl (C=O) groups excluding carboxylic acids is 1. The Morgan fingerprint density at radius 2 is 1.53 bits per heavy atom. The summed E-state index contributed by atoms with van der Waals surface area (Å²) < 4.78 is 16.5. The molecule has 0 heterocycles. The molecule has 0 aromatic heterocycles. The number of hydrogen-bond donors (Lipinski definition) is 0. The fourth-order valence-electron chi connectivity index (χ4n) is 1.64. The van der Waals surface area contributed by atoms with E-state index in [0.717, 1.165) is 6.04 Å². The molecule has 0 aliphatic carbocycles. The lowest BCUT2D eigenvalue weighted by atomic mass is 10.9. The van der Waals surface area contributed by atoms with Crippen LogP contribution in [0.15, 0.2) is 0 Å². The van der Waals surface area contributed by atoms with Crippen molar-refractivity contribution in [1.82, 2.24) is 0 Å². The molecule has 4 nitrogen and oxygen atoms in total. The first kappa shape index (κ1) is 17.3. The van der Waals surface area contributed by atoms with Gasteiger partial charge in [0.25, 0.3) is 0 Å². The third-order valence-electron chi connectivity index (χ3n) is 2.35. The second-order valence-electron chi connectivity index (χ2n) is 5.08. The van der Waals surface area contributed by atoms with Gasteiger partial charge in [0.1, 0.15) is 0 Å². The second kappa shape index (κ2) is 7.05. The first-order valence-electron chi connectivity index (χ1n) is 5.53. The molecule has 0 amide bonds. The average Bonchev–Trinajstić information content (AvgIpc) is 2.17. The SMILES string of the molecule is CO[Si](OC)(OC)C(C[Si](C)(C)C)SC(C)=O. The third-order valence-corrected chi connectivity index (χ3v) is 9.39. The summed E-state index contributed by atoms with van der Waals surface area (Å²) in [5, 5.41) is 0.0799. The molecule has 1 unspecified atom stereocenters. The maximum atomic E-state index is 11.4. The molecule has 0 saturated carbocycles. The van der Waals surface area contributed by atoms with E-state index in [-0.39, 0.29) is 9.99 Å². The predicted molar refractivity (Wildman–Crippen MR) is 77.0 cm³/mol. The first-order valence-corrected chi connectivity index (χ1v) is 11.9. The second-order valence-corrected chi connectivity index (χ2v) is 15.5. The third kappa shape index (κ3) is 5.67. The van der Waals surface area contributed by atoms with Crippen molar-refractivity contribution in [2.24, 2.45) is 0 Å². The smallest absolute Gasteiger partial charge is 0.376 e. The predicted octanol–water partition coefficient (Wildman–Crippen LogP) is 2.39. The quantitative estimate of drug-likeness (QED) is 0.675. The summed E-state index contributed by atoms with van der Waals surface area (Å²) in [7, 11) is 0.717. The molecule has 0 rings (SSSR count). The molecule has 0 spiro atoms. The van der Waals surface area contributed by atoms with E-state index in [9.17, 15) is 4.79 Å². The van der Waals surface area contributed by atoms with E-state index in [1.807, 2.05) is 0 Å². The lowest BCUT2D eigenvalue weighted by Gasteiger charge is -2.34. The molecule has 1 atom stereocenters. The highest BCUT2D eigenvalue weighted by atomic mass is 32.2. The van der Waals surface area contributed by atoms with Crippen molar-refractivity contribution in [3.8, 4) is 0 Å². The Morgan fingerprint density at radius 1 is 1.12 bits per heavy atom. The molecule has 0 aliphatic heterocycles. The monoisotopic (exact) mass is 296 g/mol. The summed E-state index contributed by atoms with van der Waals surface area (Å²) in [5.41, 5.74) is 0. The molecule has 0 aliphatic rings. The molecule has 0 fully saturated rings. The summed E-state index contributed by atoms with van der Waals surface area (Å²) >= 11 is 1.29. The van der Waals surface area contributed by atoms with Gasteiger partial charge in [-0.1, -0.05) is 31.4 Å². The fourth-order valence-corrected chi connectivity index (χ4v) is 11.1. The maximum Gasteiger partial charge on any atom is 0.514 e. The van der Waals surface area contributed by atoms with Gasteiger partial charge in [0, 0.05) is 36.3 Å². The first-order chi connectivity index (χ1) is 7.70. The Kier molecular flexibility index (Phi) is 7.19. The molecule has 102 valence electrons. The van der Waals surface area contributed by atoms with E-state index >= 15 is 0 Å². The highest BCUT2D eigenvalue weighted by Crippen LogP contribution is 2.31. The van der Waals surface area contributed by atoms with Crippen LogP contribution in [0.25, 0.3) is 0 Å². The van der Waals surface area contributed by atoms with Gasteiger partial charge in [-0.05, 0) is 6.04 Å². The van der Waals surface area contributed by atoms with Crippen molar-refractivity contribution in [1.29, 1.82) is 0 Å². The van der Waals surface area contributed by atoms with Gasteiger partial charge in [0.2, 0.25) is 0 Å². The van der Waals surface area contributed by atoms with Gasteiger partial charge >= 0.3 is 8.80 Å². The summed E-state index contributed by atoms with van der Waals surface area (Å²) in [6.07, 6.45) is 0. The Hall–Kier alpha value is 0.334. The summed E-state index contributed by atoms with van der Waals surface area (Å²) in [6.45, 7) is 8.37. The van der Waals surface area contributed by atoms with E-state index in [1.165, 1.54) is 11.8 Å². The Bertz CT molecular complexity index is 243. The number of hydrogen-bond acceptors (Lipinski definition) is 5. The van der Waals surface area contributed by atoms with E-state index in [1.54, 1.807) is 28.3 Å². The Morgan fingerprint density at radius 3 is 1.76 bits per heavy atom. The minimum atomic E-state index is -2.74. The number of rotatable bonds is 7. The van der Waals surface area contributed by atoms with Gasteiger partial charge < -0.3 is 13.3 Å². The van der Waals surface area contributed by atoms with Crippen LogP contribution in [0.3, 0.4) is 0 Å². The summed E-state index contributed by atoms with van der Waals surface area (Å²) in [6, 6.07) is 0.943. The highest BCUT2D eigenvalue weighted by Gasteiger charge is 2.49. The molecule has 0 N–H and O–H groups in total. The van der Waals surface area contributed by atoms with Crippen molar-refractivity contribution in [2.45, 2.75) is 37.5 Å².